The summed E-state index contributed by atoms with van der Waals surface area (Å²) in [6, 6.07) is 48.4. The highest BCUT2D eigenvalue weighted by Gasteiger charge is 2.50. The molecule has 0 amide bonds. The van der Waals surface area contributed by atoms with E-state index in [-0.39, 0.29) is 12.1 Å². The van der Waals surface area contributed by atoms with Crippen molar-refractivity contribution in [3.8, 4) is 22.8 Å². The summed E-state index contributed by atoms with van der Waals surface area (Å²) >= 11 is 0. The lowest BCUT2D eigenvalue weighted by molar-refractivity contribution is 0.704. The zero-order valence-corrected chi connectivity index (χ0v) is 23.8. The minimum atomic E-state index is -0.0605. The smallest absolute Gasteiger partial charge is 0.234 e. The second kappa shape index (κ2) is 9.89. The molecule has 9 rings (SSSR count). The molecule has 5 heteroatoms. The summed E-state index contributed by atoms with van der Waals surface area (Å²) in [5.41, 5.74) is 10.4. The predicted molar refractivity (Wildman–Crippen MR) is 178 cm³/mol. The van der Waals surface area contributed by atoms with Gasteiger partial charge < -0.3 is 4.90 Å². The molecule has 2 aliphatic heterocycles. The molecule has 0 N–H and O–H groups in total. The molecule has 208 valence electrons. The van der Waals surface area contributed by atoms with Crippen molar-refractivity contribution in [1.82, 2.24) is 15.0 Å². The molecule has 0 bridgehead atoms. The zero-order chi connectivity index (χ0) is 29.0. The van der Waals surface area contributed by atoms with Gasteiger partial charge in [-0.3, -0.25) is 4.90 Å². The van der Waals surface area contributed by atoms with Gasteiger partial charge in [-0.25, -0.2) is 4.98 Å². The summed E-state index contributed by atoms with van der Waals surface area (Å²) in [6.45, 7) is 0. The van der Waals surface area contributed by atoms with Crippen LogP contribution in [0, 0.1) is 0 Å². The van der Waals surface area contributed by atoms with Gasteiger partial charge in [0.25, 0.3) is 0 Å². The monoisotopic (exact) mass is 565 g/mol. The Morgan fingerprint density at radius 1 is 0.409 bits per heavy atom. The molecule has 5 aromatic carbocycles. The van der Waals surface area contributed by atoms with Crippen LogP contribution in [0.25, 0.3) is 33.9 Å². The maximum atomic E-state index is 5.20. The standard InChI is InChI=1S/C39H27N5/c1-4-14-26(15-5-1)37-40-38(27-16-6-2-7-17-27)42-39(41-37)44-34-23-13-11-21-30(34)32-25-24-31-29-20-10-12-22-33(29)43(35(31)36(32)44)28-18-8-3-9-19-28/h1-25,35-36H. The maximum Gasteiger partial charge on any atom is 0.234 e. The summed E-state index contributed by atoms with van der Waals surface area (Å²) in [6.07, 6.45) is 4.62. The SMILES string of the molecule is C1=C2c3ccccc3N(c3ccccc3)C2C2C(=C1)c1ccccc1N2c1nc(-c2ccccc2)nc(-c2ccccc2)n1. The molecule has 0 saturated carbocycles. The van der Waals surface area contributed by atoms with Crippen molar-refractivity contribution in [3.05, 3.63) is 163 Å². The third-order valence-corrected chi connectivity index (χ3v) is 8.82. The van der Waals surface area contributed by atoms with Crippen LogP contribution in [0.4, 0.5) is 23.0 Å². The number of hydrogen-bond donors (Lipinski definition) is 0. The van der Waals surface area contributed by atoms with Crippen LogP contribution < -0.4 is 9.80 Å². The van der Waals surface area contributed by atoms with Gasteiger partial charge in [-0.15, -0.1) is 0 Å². The number of anilines is 4. The molecule has 0 spiro atoms. The van der Waals surface area contributed by atoms with E-state index in [1.165, 1.54) is 28.0 Å². The Kier molecular flexibility index (Phi) is 5.56. The highest BCUT2D eigenvalue weighted by atomic mass is 15.4. The Morgan fingerprint density at radius 2 is 0.841 bits per heavy atom. The number of benzene rings is 5. The minimum Gasteiger partial charge on any atom is -0.331 e. The van der Waals surface area contributed by atoms with Crippen molar-refractivity contribution in [2.75, 3.05) is 9.80 Å². The molecule has 6 aromatic rings. The maximum absolute atomic E-state index is 5.20. The van der Waals surface area contributed by atoms with Gasteiger partial charge in [-0.2, -0.15) is 9.97 Å². The van der Waals surface area contributed by atoms with Gasteiger partial charge in [-0.1, -0.05) is 127 Å². The average molecular weight is 566 g/mol. The quantitative estimate of drug-likeness (QED) is 0.214. The Balaban J connectivity index is 1.29. The van der Waals surface area contributed by atoms with Gasteiger partial charge in [-0.05, 0) is 35.4 Å². The lowest BCUT2D eigenvalue weighted by atomic mass is 9.85. The lowest BCUT2D eigenvalue weighted by Gasteiger charge is -2.39. The van der Waals surface area contributed by atoms with Gasteiger partial charge in [0.1, 0.15) is 0 Å². The van der Waals surface area contributed by atoms with Crippen LogP contribution in [-0.2, 0) is 0 Å². The van der Waals surface area contributed by atoms with Crippen LogP contribution in [0.1, 0.15) is 11.1 Å². The normalized spacial score (nSPS) is 17.7. The first kappa shape index (κ1) is 24.8. The van der Waals surface area contributed by atoms with Crippen LogP contribution in [0.2, 0.25) is 0 Å². The largest absolute Gasteiger partial charge is 0.331 e. The summed E-state index contributed by atoms with van der Waals surface area (Å²) < 4.78 is 0. The first-order valence-corrected chi connectivity index (χ1v) is 15.0. The number of aromatic nitrogens is 3. The number of rotatable bonds is 4. The molecule has 5 nitrogen and oxygen atoms in total. The molecular weight excluding hydrogens is 538 g/mol. The highest BCUT2D eigenvalue weighted by Crippen LogP contribution is 2.55. The molecule has 2 unspecified atom stereocenters. The highest BCUT2D eigenvalue weighted by molar-refractivity contribution is 6.03. The third-order valence-electron chi connectivity index (χ3n) is 8.82. The first-order valence-electron chi connectivity index (χ1n) is 15.0. The summed E-state index contributed by atoms with van der Waals surface area (Å²) in [7, 11) is 0. The van der Waals surface area contributed by atoms with E-state index in [1.54, 1.807) is 0 Å². The van der Waals surface area contributed by atoms with Crippen molar-refractivity contribution in [2.45, 2.75) is 12.1 Å². The Hall–Kier alpha value is -5.81. The van der Waals surface area contributed by atoms with Crippen molar-refractivity contribution >= 4 is 34.2 Å². The predicted octanol–water partition coefficient (Wildman–Crippen LogP) is 8.73. The molecule has 44 heavy (non-hydrogen) atoms. The van der Waals surface area contributed by atoms with E-state index in [4.69, 9.17) is 15.0 Å². The molecular formula is C39H27N5. The fourth-order valence-electron chi connectivity index (χ4n) is 6.96. The van der Waals surface area contributed by atoms with Crippen LogP contribution in [0.3, 0.4) is 0 Å². The van der Waals surface area contributed by atoms with Crippen molar-refractivity contribution in [2.24, 2.45) is 0 Å². The number of fused-ring (bicyclic) bond motifs is 7. The van der Waals surface area contributed by atoms with Gasteiger partial charge in [0.2, 0.25) is 5.95 Å². The molecule has 0 fully saturated rings. The molecule has 1 aliphatic carbocycles. The molecule has 1 aromatic heterocycles. The Labute approximate surface area is 256 Å². The van der Waals surface area contributed by atoms with Crippen LogP contribution in [-0.4, -0.2) is 27.0 Å². The zero-order valence-electron chi connectivity index (χ0n) is 23.8. The Morgan fingerprint density at radius 3 is 1.39 bits per heavy atom. The number of allylic oxidation sites excluding steroid dienone is 2. The van der Waals surface area contributed by atoms with Gasteiger partial charge in [0, 0.05) is 33.6 Å². The van der Waals surface area contributed by atoms with E-state index in [0.717, 1.165) is 22.5 Å². The lowest BCUT2D eigenvalue weighted by Crippen LogP contribution is -2.47. The van der Waals surface area contributed by atoms with E-state index >= 15 is 0 Å². The number of nitrogens with zero attached hydrogens (tertiary/aromatic N) is 5. The van der Waals surface area contributed by atoms with Crippen molar-refractivity contribution in [3.63, 3.8) is 0 Å². The van der Waals surface area contributed by atoms with Crippen LogP contribution >= 0.6 is 0 Å². The molecule has 3 aliphatic rings. The summed E-state index contributed by atoms with van der Waals surface area (Å²) in [4.78, 5) is 20.2. The molecule has 0 radical (unpaired) electrons. The van der Waals surface area contributed by atoms with Crippen molar-refractivity contribution < 1.29 is 0 Å². The van der Waals surface area contributed by atoms with Crippen LogP contribution in [0.5, 0.6) is 0 Å². The first-order chi connectivity index (χ1) is 21.8. The van der Waals surface area contributed by atoms with E-state index in [1.807, 2.05) is 36.4 Å². The topological polar surface area (TPSA) is 45.2 Å². The van der Waals surface area contributed by atoms with Crippen LogP contribution in [0.15, 0.2) is 152 Å². The fourth-order valence-corrected chi connectivity index (χ4v) is 6.96. The third kappa shape index (κ3) is 3.76. The number of hydrogen-bond acceptors (Lipinski definition) is 5. The molecule has 2 atom stereocenters. The summed E-state index contributed by atoms with van der Waals surface area (Å²) in [5.74, 6) is 1.96. The van der Waals surface area contributed by atoms with Gasteiger partial charge in [0.05, 0.1) is 17.8 Å². The average Bonchev–Trinajstić information content (AvgIpc) is 3.62. The second-order valence-corrected chi connectivity index (χ2v) is 11.3. The minimum absolute atomic E-state index is 0.0133. The summed E-state index contributed by atoms with van der Waals surface area (Å²) in [5, 5.41) is 0. The fraction of sp³-hybridized carbons (Fsp3) is 0.0513. The van der Waals surface area contributed by atoms with Gasteiger partial charge in [0.15, 0.2) is 11.6 Å². The van der Waals surface area contributed by atoms with E-state index < -0.39 is 0 Å². The Bertz CT molecular complexity index is 2030. The second-order valence-electron chi connectivity index (χ2n) is 11.3. The van der Waals surface area contributed by atoms with E-state index in [0.29, 0.717) is 17.6 Å². The van der Waals surface area contributed by atoms with E-state index in [2.05, 4.69) is 125 Å². The van der Waals surface area contributed by atoms with E-state index in [9.17, 15) is 0 Å². The van der Waals surface area contributed by atoms with Crippen molar-refractivity contribution in [1.29, 1.82) is 0 Å². The molecule has 3 heterocycles. The molecule has 0 saturated heterocycles. The van der Waals surface area contributed by atoms with Gasteiger partial charge >= 0.3 is 0 Å². The number of para-hydroxylation sites is 3.